The number of nitrogens with zero attached hydrogens (tertiary/aromatic N) is 1. The maximum Gasteiger partial charge on any atom is 0.355 e. The maximum absolute atomic E-state index is 5.73. The van der Waals surface area contributed by atoms with Gasteiger partial charge in [-0.3, -0.25) is 4.23 Å². The fraction of sp³-hybridized carbons (Fsp3) is 1.00. The van der Waals surface area contributed by atoms with Gasteiger partial charge in [-0.1, -0.05) is 13.8 Å². The van der Waals surface area contributed by atoms with E-state index in [0.717, 1.165) is 6.54 Å². The second-order valence-corrected chi connectivity index (χ2v) is 10.4. The average molecular weight is 269 g/mol. The molecule has 0 unspecified atom stereocenters. The molecule has 0 aromatic rings. The third-order valence-electron chi connectivity index (χ3n) is 0.956. The van der Waals surface area contributed by atoms with Crippen LogP contribution in [0.2, 0.25) is 0 Å². The van der Waals surface area contributed by atoms with Gasteiger partial charge in [-0.2, -0.15) is 0 Å². The molecule has 0 fully saturated rings. The van der Waals surface area contributed by atoms with Crippen LogP contribution in [0.5, 0.6) is 0 Å². The molecule has 0 saturated heterocycles. The molecule has 0 aromatic carbocycles. The summed E-state index contributed by atoms with van der Waals surface area (Å²) in [4.78, 5) is 0. The SMILES string of the molecule is CC(C)CN([Si](Cl)Cl)[Si](Cl)Cl. The first-order chi connectivity index (χ1) is 4.95. The van der Waals surface area contributed by atoms with Crippen LogP contribution in [0, 0.1) is 5.92 Å². The molecule has 7 heteroatoms. The van der Waals surface area contributed by atoms with Gasteiger partial charge in [-0.05, 0) is 12.5 Å². The normalized spacial score (nSPS) is 12.5. The minimum Gasteiger partial charge on any atom is -0.296 e. The molecular weight excluding hydrogens is 260 g/mol. The van der Waals surface area contributed by atoms with Crippen molar-refractivity contribution < 1.29 is 0 Å². The highest BCUT2D eigenvalue weighted by atomic mass is 35.7. The van der Waals surface area contributed by atoms with Crippen LogP contribution in [0.1, 0.15) is 13.8 Å². The molecule has 11 heavy (non-hydrogen) atoms. The molecule has 1 nitrogen and oxygen atoms in total. The van der Waals surface area contributed by atoms with Gasteiger partial charge in [0.1, 0.15) is 0 Å². The van der Waals surface area contributed by atoms with E-state index in [2.05, 4.69) is 13.8 Å². The maximum atomic E-state index is 5.73. The molecule has 0 atom stereocenters. The quantitative estimate of drug-likeness (QED) is 0.560. The van der Waals surface area contributed by atoms with Crippen LogP contribution in [0.15, 0.2) is 0 Å². The molecule has 0 N–H and O–H groups in total. The zero-order valence-corrected chi connectivity index (χ0v) is 11.3. The van der Waals surface area contributed by atoms with Gasteiger partial charge in [0.15, 0.2) is 0 Å². The summed E-state index contributed by atoms with van der Waals surface area (Å²) in [6.45, 7) is 4.93. The van der Waals surface area contributed by atoms with Crippen molar-refractivity contribution in [1.29, 1.82) is 0 Å². The molecule has 0 bridgehead atoms. The van der Waals surface area contributed by atoms with Crippen LogP contribution >= 0.6 is 44.3 Å². The molecular formula is C4H9Cl4NSi2. The van der Waals surface area contributed by atoms with Gasteiger partial charge >= 0.3 is 15.2 Å². The largest absolute Gasteiger partial charge is 0.355 e. The predicted molar refractivity (Wildman–Crippen MR) is 56.5 cm³/mol. The van der Waals surface area contributed by atoms with Gasteiger partial charge in [0.05, 0.1) is 0 Å². The van der Waals surface area contributed by atoms with Gasteiger partial charge < -0.3 is 0 Å². The fourth-order valence-corrected chi connectivity index (χ4v) is 7.51. The zero-order chi connectivity index (χ0) is 9.02. The Labute approximate surface area is 89.7 Å². The third-order valence-corrected chi connectivity index (χ3v) is 7.63. The monoisotopic (exact) mass is 267 g/mol. The number of hydrogen-bond acceptors (Lipinski definition) is 1. The molecule has 0 aliphatic carbocycles. The topological polar surface area (TPSA) is 3.24 Å². The lowest BCUT2D eigenvalue weighted by molar-refractivity contribution is 0.527. The van der Waals surface area contributed by atoms with Crippen molar-refractivity contribution in [2.75, 3.05) is 6.54 Å². The Balaban J connectivity index is 3.90. The van der Waals surface area contributed by atoms with Crippen molar-refractivity contribution in [3.8, 4) is 0 Å². The second-order valence-electron chi connectivity index (χ2n) is 2.49. The molecule has 0 rings (SSSR count). The highest BCUT2D eigenvalue weighted by Gasteiger charge is 2.25. The molecule has 2 radical (unpaired) electrons. The van der Waals surface area contributed by atoms with Crippen molar-refractivity contribution in [2.45, 2.75) is 13.8 Å². The Morgan fingerprint density at radius 3 is 1.55 bits per heavy atom. The molecule has 0 aliphatic heterocycles. The highest BCUT2D eigenvalue weighted by molar-refractivity contribution is 7.42. The van der Waals surface area contributed by atoms with Crippen LogP contribution < -0.4 is 0 Å². The minimum atomic E-state index is -1.51. The van der Waals surface area contributed by atoms with E-state index in [1.807, 2.05) is 0 Å². The van der Waals surface area contributed by atoms with Crippen molar-refractivity contribution in [3.05, 3.63) is 0 Å². The first-order valence-corrected chi connectivity index (χ1v) is 10.0. The number of halogens is 4. The van der Waals surface area contributed by atoms with Gasteiger partial charge in [-0.25, -0.2) is 0 Å². The predicted octanol–water partition coefficient (Wildman–Crippen LogP) is 2.87. The zero-order valence-electron chi connectivity index (χ0n) is 6.24. The van der Waals surface area contributed by atoms with Crippen molar-refractivity contribution in [1.82, 2.24) is 4.23 Å². The summed E-state index contributed by atoms with van der Waals surface area (Å²) in [6.07, 6.45) is 0. The standard InChI is InChI=1S/C4H9Cl4NSi2/c1-4(2)3-9(10(5)6)11(7)8/h4H,3H2,1-2H3. The van der Waals surface area contributed by atoms with Crippen LogP contribution in [0.3, 0.4) is 0 Å². The summed E-state index contributed by atoms with van der Waals surface area (Å²) in [6, 6.07) is 0. The van der Waals surface area contributed by atoms with Gasteiger partial charge in [0, 0.05) is 0 Å². The van der Waals surface area contributed by atoms with E-state index in [9.17, 15) is 0 Å². The van der Waals surface area contributed by atoms with E-state index in [1.165, 1.54) is 0 Å². The van der Waals surface area contributed by atoms with Crippen LogP contribution in [-0.2, 0) is 0 Å². The van der Waals surface area contributed by atoms with Crippen molar-refractivity contribution in [3.63, 3.8) is 0 Å². The molecule has 0 aromatic heterocycles. The van der Waals surface area contributed by atoms with Crippen LogP contribution in [0.25, 0.3) is 0 Å². The molecule has 0 spiro atoms. The Morgan fingerprint density at radius 1 is 1.09 bits per heavy atom. The lowest BCUT2D eigenvalue weighted by atomic mass is 10.2. The lowest BCUT2D eigenvalue weighted by Crippen LogP contribution is -2.40. The van der Waals surface area contributed by atoms with Crippen LogP contribution in [-0.4, -0.2) is 25.9 Å². The molecule has 0 heterocycles. The summed E-state index contributed by atoms with van der Waals surface area (Å²) in [7, 11) is -3.02. The van der Waals surface area contributed by atoms with Gasteiger partial charge in [-0.15, -0.1) is 44.3 Å². The number of rotatable bonds is 4. The van der Waals surface area contributed by atoms with E-state index in [0.29, 0.717) is 5.92 Å². The lowest BCUT2D eigenvalue weighted by Gasteiger charge is -2.22. The Morgan fingerprint density at radius 2 is 1.45 bits per heavy atom. The summed E-state index contributed by atoms with van der Waals surface area (Å²) in [5, 5.41) is 0. The molecule has 0 aliphatic rings. The van der Waals surface area contributed by atoms with Crippen molar-refractivity contribution in [2.24, 2.45) is 5.92 Å². The smallest absolute Gasteiger partial charge is 0.296 e. The number of hydrogen-bond donors (Lipinski definition) is 0. The minimum absolute atomic E-state index is 0.491. The molecule has 0 saturated carbocycles. The van der Waals surface area contributed by atoms with Gasteiger partial charge in [0.2, 0.25) is 0 Å². The summed E-state index contributed by atoms with van der Waals surface area (Å²) in [5.41, 5.74) is 0. The van der Waals surface area contributed by atoms with Gasteiger partial charge in [0.25, 0.3) is 0 Å². The fourth-order valence-electron chi connectivity index (χ4n) is 0.567. The Hall–Kier alpha value is 1.55. The van der Waals surface area contributed by atoms with Crippen LogP contribution in [0.4, 0.5) is 0 Å². The average Bonchev–Trinajstić information content (AvgIpc) is 1.81. The highest BCUT2D eigenvalue weighted by Crippen LogP contribution is 2.14. The summed E-state index contributed by atoms with van der Waals surface area (Å²) >= 11 is 22.9. The summed E-state index contributed by atoms with van der Waals surface area (Å²) in [5.74, 6) is 0.491. The third kappa shape index (κ3) is 5.74. The summed E-state index contributed by atoms with van der Waals surface area (Å²) < 4.78 is 1.80. The Kier molecular flexibility index (Phi) is 6.93. The van der Waals surface area contributed by atoms with Crippen molar-refractivity contribution >= 4 is 59.5 Å². The van der Waals surface area contributed by atoms with E-state index in [-0.39, 0.29) is 0 Å². The van der Waals surface area contributed by atoms with E-state index < -0.39 is 15.2 Å². The molecule has 66 valence electrons. The second kappa shape index (κ2) is 6.08. The molecule has 0 amide bonds. The van der Waals surface area contributed by atoms with E-state index >= 15 is 0 Å². The first-order valence-electron chi connectivity index (χ1n) is 3.08. The first kappa shape index (κ1) is 12.6. The Bertz CT molecular complexity index is 102. The van der Waals surface area contributed by atoms with E-state index in [4.69, 9.17) is 44.3 Å². The van der Waals surface area contributed by atoms with E-state index in [1.54, 1.807) is 4.23 Å².